The molecule has 1 saturated carbocycles. The topological polar surface area (TPSA) is 58.8 Å². The van der Waals surface area contributed by atoms with Crippen LogP contribution in [0.3, 0.4) is 0 Å². The summed E-state index contributed by atoms with van der Waals surface area (Å²) in [6, 6.07) is 7.99. The van der Waals surface area contributed by atoms with Gasteiger partial charge in [0.25, 0.3) is 0 Å². The third kappa shape index (κ3) is 2.59. The maximum atomic E-state index is 12.7. The van der Waals surface area contributed by atoms with Crippen LogP contribution in [0.5, 0.6) is 5.75 Å². The second-order valence-electron chi connectivity index (χ2n) is 6.72. The largest absolute Gasteiger partial charge is 0.490 e. The average molecular weight is 301 g/mol. The van der Waals surface area contributed by atoms with Gasteiger partial charge in [0.1, 0.15) is 12.4 Å². The van der Waals surface area contributed by atoms with Crippen molar-refractivity contribution in [2.45, 2.75) is 18.9 Å². The van der Waals surface area contributed by atoms with Gasteiger partial charge in [0.15, 0.2) is 0 Å². The van der Waals surface area contributed by atoms with Gasteiger partial charge in [-0.15, -0.1) is 0 Å². The molecular weight excluding hydrogens is 278 g/mol. The number of nitrogens with zero attached hydrogens (tertiary/aromatic N) is 2. The van der Waals surface area contributed by atoms with Crippen LogP contribution in [0.1, 0.15) is 12.8 Å². The lowest BCUT2D eigenvalue weighted by Gasteiger charge is -2.30. The van der Waals surface area contributed by atoms with Crippen molar-refractivity contribution in [3.63, 3.8) is 0 Å². The van der Waals surface area contributed by atoms with Crippen LogP contribution in [-0.4, -0.2) is 49.6 Å². The Balaban J connectivity index is 1.43. The Morgan fingerprint density at radius 2 is 2.09 bits per heavy atom. The predicted molar refractivity (Wildman–Crippen MR) is 84.9 cm³/mol. The molecule has 4 rings (SSSR count). The normalized spacial score (nSPS) is 28.3. The monoisotopic (exact) mass is 301 g/mol. The Morgan fingerprint density at radius 1 is 1.27 bits per heavy atom. The number of carbonyl (C=O) groups excluding carboxylic acids is 1. The first-order chi connectivity index (χ1) is 10.7. The number of likely N-dealkylation sites (tertiary alicyclic amines) is 1. The minimum Gasteiger partial charge on any atom is -0.490 e. The lowest BCUT2D eigenvalue weighted by Crippen LogP contribution is -2.44. The second kappa shape index (κ2) is 5.56. The first-order valence-corrected chi connectivity index (χ1v) is 8.22. The van der Waals surface area contributed by atoms with Crippen molar-refractivity contribution in [3.8, 4) is 5.75 Å². The van der Waals surface area contributed by atoms with Gasteiger partial charge in [-0.3, -0.25) is 9.69 Å². The molecule has 22 heavy (non-hydrogen) atoms. The number of anilines is 1. The molecule has 1 saturated heterocycles. The van der Waals surface area contributed by atoms with Gasteiger partial charge < -0.3 is 15.4 Å². The molecule has 2 aliphatic heterocycles. The number of rotatable bonds is 3. The molecule has 0 spiro atoms. The molecule has 1 aromatic rings. The number of carbonyl (C=O) groups is 1. The van der Waals surface area contributed by atoms with Gasteiger partial charge >= 0.3 is 0 Å². The van der Waals surface area contributed by atoms with E-state index in [9.17, 15) is 4.79 Å². The quantitative estimate of drug-likeness (QED) is 0.907. The molecule has 1 amide bonds. The highest BCUT2D eigenvalue weighted by Gasteiger charge is 2.41. The van der Waals surface area contributed by atoms with E-state index in [1.165, 1.54) is 12.8 Å². The van der Waals surface area contributed by atoms with Gasteiger partial charge in [0.05, 0.1) is 18.8 Å². The molecule has 5 heteroatoms. The number of fused-ring (bicyclic) bond motifs is 1. The minimum absolute atomic E-state index is 0.152. The van der Waals surface area contributed by atoms with E-state index in [0.29, 0.717) is 25.6 Å². The predicted octanol–water partition coefficient (Wildman–Crippen LogP) is 1.08. The molecule has 2 fully saturated rings. The average Bonchev–Trinajstić information content (AvgIpc) is 3.31. The molecule has 2 heterocycles. The van der Waals surface area contributed by atoms with Crippen LogP contribution in [0, 0.1) is 11.8 Å². The van der Waals surface area contributed by atoms with E-state index in [0.717, 1.165) is 30.4 Å². The zero-order valence-corrected chi connectivity index (χ0v) is 12.8. The molecule has 5 nitrogen and oxygen atoms in total. The summed E-state index contributed by atoms with van der Waals surface area (Å²) >= 11 is 0. The lowest BCUT2D eigenvalue weighted by atomic mass is 9.99. The molecule has 0 radical (unpaired) electrons. The Morgan fingerprint density at radius 3 is 2.91 bits per heavy atom. The number of ether oxygens (including phenoxy) is 1. The molecule has 2 N–H and O–H groups in total. The van der Waals surface area contributed by atoms with Crippen molar-refractivity contribution in [2.24, 2.45) is 17.6 Å². The zero-order valence-electron chi connectivity index (χ0n) is 12.8. The number of benzene rings is 1. The molecule has 2 atom stereocenters. The maximum Gasteiger partial charge on any atom is 0.241 e. The summed E-state index contributed by atoms with van der Waals surface area (Å²) in [5.41, 5.74) is 7.14. The minimum atomic E-state index is 0.152. The van der Waals surface area contributed by atoms with Gasteiger partial charge in [-0.1, -0.05) is 12.1 Å². The fourth-order valence-corrected chi connectivity index (χ4v) is 3.80. The Kier molecular flexibility index (Phi) is 3.54. The number of amides is 1. The van der Waals surface area contributed by atoms with Crippen LogP contribution in [0.25, 0.3) is 0 Å². The summed E-state index contributed by atoms with van der Waals surface area (Å²) in [6.07, 6.45) is 2.63. The van der Waals surface area contributed by atoms with Crippen LogP contribution in [0.2, 0.25) is 0 Å². The van der Waals surface area contributed by atoms with E-state index in [4.69, 9.17) is 10.5 Å². The van der Waals surface area contributed by atoms with Gasteiger partial charge in [-0.25, -0.2) is 0 Å². The summed E-state index contributed by atoms with van der Waals surface area (Å²) in [4.78, 5) is 16.8. The summed E-state index contributed by atoms with van der Waals surface area (Å²) in [7, 11) is 0. The molecular formula is C17H23N3O2. The van der Waals surface area contributed by atoms with E-state index in [1.54, 1.807) is 0 Å². The highest BCUT2D eigenvalue weighted by Crippen LogP contribution is 2.41. The standard InChI is InChI=1S/C17H23N3O2/c18-14-10-19(9-13(14)12-5-6-12)11-17(21)20-7-8-22-16-4-2-1-3-15(16)20/h1-4,12-14H,5-11,18H2/t13-,14+/m0/s1. The van der Waals surface area contributed by atoms with Gasteiger partial charge in [0, 0.05) is 19.1 Å². The third-order valence-corrected chi connectivity index (χ3v) is 5.10. The van der Waals surface area contributed by atoms with Crippen molar-refractivity contribution in [1.29, 1.82) is 0 Å². The maximum absolute atomic E-state index is 12.7. The number of nitrogens with two attached hydrogens (primary N) is 1. The van der Waals surface area contributed by atoms with E-state index in [2.05, 4.69) is 4.90 Å². The van der Waals surface area contributed by atoms with Crippen molar-refractivity contribution >= 4 is 11.6 Å². The lowest BCUT2D eigenvalue weighted by molar-refractivity contribution is -0.119. The SMILES string of the molecule is N[C@@H]1CN(CC(=O)N2CCOc3ccccc32)C[C@H]1C1CC1. The van der Waals surface area contributed by atoms with Gasteiger partial charge in [0.2, 0.25) is 5.91 Å². The number of para-hydroxylation sites is 2. The van der Waals surface area contributed by atoms with Crippen LogP contribution in [-0.2, 0) is 4.79 Å². The van der Waals surface area contributed by atoms with Crippen LogP contribution < -0.4 is 15.4 Å². The number of hydrogen-bond acceptors (Lipinski definition) is 4. The Labute approximate surface area is 131 Å². The van der Waals surface area contributed by atoms with E-state index >= 15 is 0 Å². The second-order valence-corrected chi connectivity index (χ2v) is 6.72. The fourth-order valence-electron chi connectivity index (χ4n) is 3.80. The summed E-state index contributed by atoms with van der Waals surface area (Å²) in [6.45, 7) is 3.47. The van der Waals surface area contributed by atoms with E-state index in [1.807, 2.05) is 29.2 Å². The molecule has 0 bridgehead atoms. The highest BCUT2D eigenvalue weighted by molar-refractivity contribution is 5.96. The highest BCUT2D eigenvalue weighted by atomic mass is 16.5. The molecule has 0 aromatic heterocycles. The fraction of sp³-hybridized carbons (Fsp3) is 0.588. The van der Waals surface area contributed by atoms with E-state index < -0.39 is 0 Å². The van der Waals surface area contributed by atoms with Crippen LogP contribution in [0.4, 0.5) is 5.69 Å². The third-order valence-electron chi connectivity index (χ3n) is 5.10. The van der Waals surface area contributed by atoms with Gasteiger partial charge in [-0.2, -0.15) is 0 Å². The van der Waals surface area contributed by atoms with Gasteiger partial charge in [-0.05, 0) is 36.8 Å². The van der Waals surface area contributed by atoms with Crippen LogP contribution >= 0.6 is 0 Å². The smallest absolute Gasteiger partial charge is 0.241 e. The van der Waals surface area contributed by atoms with Crippen molar-refractivity contribution in [1.82, 2.24) is 4.90 Å². The molecule has 1 aliphatic carbocycles. The Hall–Kier alpha value is -1.59. The van der Waals surface area contributed by atoms with Crippen molar-refractivity contribution < 1.29 is 9.53 Å². The number of hydrogen-bond donors (Lipinski definition) is 1. The molecule has 0 unspecified atom stereocenters. The zero-order chi connectivity index (χ0) is 15.1. The first-order valence-electron chi connectivity index (χ1n) is 8.22. The summed E-state index contributed by atoms with van der Waals surface area (Å²) in [5, 5.41) is 0. The van der Waals surface area contributed by atoms with Crippen molar-refractivity contribution in [2.75, 3.05) is 37.7 Å². The summed E-state index contributed by atoms with van der Waals surface area (Å²) < 4.78 is 5.62. The van der Waals surface area contributed by atoms with E-state index in [-0.39, 0.29) is 11.9 Å². The Bertz CT molecular complexity index is 573. The molecule has 1 aromatic carbocycles. The summed E-state index contributed by atoms with van der Waals surface area (Å²) in [5.74, 6) is 2.35. The van der Waals surface area contributed by atoms with Crippen LogP contribution in [0.15, 0.2) is 24.3 Å². The first kappa shape index (κ1) is 14.0. The molecule has 3 aliphatic rings. The molecule has 118 valence electrons. The van der Waals surface area contributed by atoms with Crippen molar-refractivity contribution in [3.05, 3.63) is 24.3 Å².